The quantitative estimate of drug-likeness (QED) is 0.707. The number of hydrogen-bond donors (Lipinski definition) is 2. The number of hydrogen-bond acceptors (Lipinski definition) is 5. The Morgan fingerprint density at radius 2 is 1.83 bits per heavy atom. The summed E-state index contributed by atoms with van der Waals surface area (Å²) in [6.07, 6.45) is 4.64. The van der Waals surface area contributed by atoms with Crippen molar-refractivity contribution in [2.24, 2.45) is 0 Å². The molecule has 0 radical (unpaired) electrons. The number of anilines is 1. The third-order valence-corrected chi connectivity index (χ3v) is 7.61. The Bertz CT molecular complexity index is 881. The molecule has 2 aliphatic heterocycles. The summed E-state index contributed by atoms with van der Waals surface area (Å²) < 4.78 is 27.4. The van der Waals surface area contributed by atoms with E-state index in [-0.39, 0.29) is 29.3 Å². The van der Waals surface area contributed by atoms with Crippen molar-refractivity contribution in [2.75, 3.05) is 38.0 Å². The Morgan fingerprint density at radius 1 is 1.10 bits per heavy atom. The van der Waals surface area contributed by atoms with Gasteiger partial charge in [-0.25, -0.2) is 8.42 Å². The van der Waals surface area contributed by atoms with Crippen LogP contribution in [0.1, 0.15) is 44.6 Å². The van der Waals surface area contributed by atoms with Gasteiger partial charge in [0.15, 0.2) is 0 Å². The molecule has 0 aromatic heterocycles. The first kappa shape index (κ1) is 22.7. The molecule has 3 rings (SSSR count). The first-order chi connectivity index (χ1) is 14.3. The number of aryl methyl sites for hydroxylation is 1. The number of nitrogens with one attached hydrogen (secondary N) is 2. The van der Waals surface area contributed by atoms with Crippen LogP contribution < -0.4 is 10.6 Å². The van der Waals surface area contributed by atoms with E-state index >= 15 is 0 Å². The summed E-state index contributed by atoms with van der Waals surface area (Å²) in [6.45, 7) is 6.07. The highest BCUT2D eigenvalue weighted by Gasteiger charge is 2.27. The molecule has 9 heteroatoms. The van der Waals surface area contributed by atoms with E-state index in [0.717, 1.165) is 44.2 Å². The molecular formula is C21H32N4O4S. The van der Waals surface area contributed by atoms with Crippen molar-refractivity contribution >= 4 is 27.5 Å². The summed E-state index contributed by atoms with van der Waals surface area (Å²) in [7, 11) is -3.55. The van der Waals surface area contributed by atoms with Gasteiger partial charge in [0, 0.05) is 38.3 Å². The molecule has 2 fully saturated rings. The van der Waals surface area contributed by atoms with E-state index in [1.165, 1.54) is 11.2 Å². The van der Waals surface area contributed by atoms with Gasteiger partial charge in [-0.2, -0.15) is 4.31 Å². The molecule has 1 unspecified atom stereocenters. The first-order valence-electron chi connectivity index (χ1n) is 10.7. The SMILES string of the molecule is CC(=O)NC1CCCN(CC(=O)Nc2cc(S(=O)(=O)N3CCCCC3)ccc2C)C1. The zero-order valence-corrected chi connectivity index (χ0v) is 18.6. The molecule has 0 saturated carbocycles. The van der Waals surface area contributed by atoms with Crippen molar-refractivity contribution in [3.8, 4) is 0 Å². The summed E-state index contributed by atoms with van der Waals surface area (Å²) in [5, 5.41) is 5.79. The number of nitrogens with zero attached hydrogens (tertiary/aromatic N) is 2. The monoisotopic (exact) mass is 436 g/mol. The predicted molar refractivity (Wildman–Crippen MR) is 116 cm³/mol. The van der Waals surface area contributed by atoms with Gasteiger partial charge in [-0.3, -0.25) is 14.5 Å². The molecule has 30 heavy (non-hydrogen) atoms. The van der Waals surface area contributed by atoms with Crippen molar-refractivity contribution in [1.82, 2.24) is 14.5 Å². The molecule has 0 spiro atoms. The van der Waals surface area contributed by atoms with E-state index in [4.69, 9.17) is 0 Å². The van der Waals surface area contributed by atoms with Crippen LogP contribution >= 0.6 is 0 Å². The minimum atomic E-state index is -3.55. The Kier molecular flexibility index (Phi) is 7.49. The lowest BCUT2D eigenvalue weighted by atomic mass is 10.1. The normalized spacial score (nSPS) is 21.2. The summed E-state index contributed by atoms with van der Waals surface area (Å²) in [4.78, 5) is 26.1. The standard InChI is InChI=1S/C21H32N4O4S/c1-16-8-9-19(30(28,29)25-11-4-3-5-12-25)13-20(16)23-21(27)15-24-10-6-7-18(14-24)22-17(2)26/h8-9,13,18H,3-7,10-12,14-15H2,1-2H3,(H,22,26)(H,23,27). The number of sulfonamides is 1. The van der Waals surface area contributed by atoms with Crippen molar-refractivity contribution in [1.29, 1.82) is 0 Å². The molecule has 2 heterocycles. The second kappa shape index (κ2) is 9.89. The van der Waals surface area contributed by atoms with Gasteiger partial charge in [0.1, 0.15) is 0 Å². The zero-order valence-electron chi connectivity index (χ0n) is 17.8. The number of piperidine rings is 2. The summed E-state index contributed by atoms with van der Waals surface area (Å²) in [5.41, 5.74) is 1.34. The maximum atomic E-state index is 12.9. The van der Waals surface area contributed by atoms with Gasteiger partial charge in [-0.1, -0.05) is 12.5 Å². The van der Waals surface area contributed by atoms with Gasteiger partial charge in [-0.05, 0) is 56.8 Å². The van der Waals surface area contributed by atoms with Crippen LogP contribution in [0.2, 0.25) is 0 Å². The van der Waals surface area contributed by atoms with E-state index < -0.39 is 10.0 Å². The van der Waals surface area contributed by atoms with E-state index in [1.807, 2.05) is 11.8 Å². The Labute approximate surface area is 179 Å². The lowest BCUT2D eigenvalue weighted by Gasteiger charge is -2.32. The average Bonchev–Trinajstić information content (AvgIpc) is 2.70. The second-order valence-corrected chi connectivity index (χ2v) is 10.2. The van der Waals surface area contributed by atoms with Crippen molar-refractivity contribution < 1.29 is 18.0 Å². The van der Waals surface area contributed by atoms with Gasteiger partial charge in [0.2, 0.25) is 21.8 Å². The highest BCUT2D eigenvalue weighted by atomic mass is 32.2. The van der Waals surface area contributed by atoms with Crippen LogP contribution in [0.5, 0.6) is 0 Å². The van der Waals surface area contributed by atoms with Crippen LogP contribution in [-0.4, -0.2) is 68.2 Å². The Balaban J connectivity index is 1.65. The average molecular weight is 437 g/mol. The largest absolute Gasteiger partial charge is 0.352 e. The third kappa shape index (κ3) is 5.80. The summed E-state index contributed by atoms with van der Waals surface area (Å²) in [6, 6.07) is 4.97. The van der Waals surface area contributed by atoms with Crippen LogP contribution in [0.15, 0.2) is 23.1 Å². The van der Waals surface area contributed by atoms with Gasteiger partial charge in [-0.15, -0.1) is 0 Å². The number of benzene rings is 1. The van der Waals surface area contributed by atoms with E-state index in [1.54, 1.807) is 18.2 Å². The number of amides is 2. The minimum Gasteiger partial charge on any atom is -0.352 e. The Morgan fingerprint density at radius 3 is 2.53 bits per heavy atom. The molecule has 2 aliphatic rings. The summed E-state index contributed by atoms with van der Waals surface area (Å²) >= 11 is 0. The molecular weight excluding hydrogens is 404 g/mol. The molecule has 1 aromatic carbocycles. The van der Waals surface area contributed by atoms with E-state index in [9.17, 15) is 18.0 Å². The lowest BCUT2D eigenvalue weighted by molar-refractivity contribution is -0.120. The molecule has 0 bridgehead atoms. The topological polar surface area (TPSA) is 98.8 Å². The van der Waals surface area contributed by atoms with Crippen LogP contribution in [0, 0.1) is 6.92 Å². The third-order valence-electron chi connectivity index (χ3n) is 5.72. The molecule has 1 atom stereocenters. The fraction of sp³-hybridized carbons (Fsp3) is 0.619. The maximum absolute atomic E-state index is 12.9. The van der Waals surface area contributed by atoms with E-state index in [0.29, 0.717) is 25.3 Å². The van der Waals surface area contributed by atoms with Crippen LogP contribution in [0.3, 0.4) is 0 Å². The molecule has 8 nitrogen and oxygen atoms in total. The van der Waals surface area contributed by atoms with Crippen molar-refractivity contribution in [3.05, 3.63) is 23.8 Å². The minimum absolute atomic E-state index is 0.0591. The van der Waals surface area contributed by atoms with Crippen LogP contribution in [0.4, 0.5) is 5.69 Å². The fourth-order valence-electron chi connectivity index (χ4n) is 4.15. The number of rotatable bonds is 6. The van der Waals surface area contributed by atoms with Gasteiger partial charge >= 0.3 is 0 Å². The summed E-state index contributed by atoms with van der Waals surface area (Å²) in [5.74, 6) is -0.247. The zero-order chi connectivity index (χ0) is 21.7. The van der Waals surface area contributed by atoms with Crippen LogP contribution in [-0.2, 0) is 19.6 Å². The number of likely N-dealkylation sites (tertiary alicyclic amines) is 1. The first-order valence-corrected chi connectivity index (χ1v) is 12.1. The highest BCUT2D eigenvalue weighted by Crippen LogP contribution is 2.25. The van der Waals surface area contributed by atoms with E-state index in [2.05, 4.69) is 10.6 Å². The molecule has 2 amide bonds. The maximum Gasteiger partial charge on any atom is 0.243 e. The Hall–Kier alpha value is -1.97. The number of carbonyl (C=O) groups is 2. The van der Waals surface area contributed by atoms with Gasteiger partial charge < -0.3 is 10.6 Å². The smallest absolute Gasteiger partial charge is 0.243 e. The number of carbonyl (C=O) groups excluding carboxylic acids is 2. The molecule has 1 aromatic rings. The fourth-order valence-corrected chi connectivity index (χ4v) is 5.69. The van der Waals surface area contributed by atoms with Crippen molar-refractivity contribution in [2.45, 2.75) is 56.9 Å². The molecule has 166 valence electrons. The molecule has 2 N–H and O–H groups in total. The predicted octanol–water partition coefficient (Wildman–Crippen LogP) is 1.71. The van der Waals surface area contributed by atoms with Gasteiger partial charge in [0.25, 0.3) is 0 Å². The van der Waals surface area contributed by atoms with Crippen molar-refractivity contribution in [3.63, 3.8) is 0 Å². The van der Waals surface area contributed by atoms with Gasteiger partial charge in [0.05, 0.1) is 11.4 Å². The highest BCUT2D eigenvalue weighted by molar-refractivity contribution is 7.89. The van der Waals surface area contributed by atoms with Crippen LogP contribution in [0.25, 0.3) is 0 Å². The lowest BCUT2D eigenvalue weighted by Crippen LogP contribution is -2.49. The second-order valence-electron chi connectivity index (χ2n) is 8.26. The molecule has 0 aliphatic carbocycles. The molecule has 2 saturated heterocycles.